The Balaban J connectivity index is 1.56. The van der Waals surface area contributed by atoms with Crippen molar-refractivity contribution in [3.63, 3.8) is 0 Å². The highest BCUT2D eigenvalue weighted by Crippen LogP contribution is 2.22. The lowest BCUT2D eigenvalue weighted by molar-refractivity contribution is 0.0632. The van der Waals surface area contributed by atoms with E-state index in [1.54, 1.807) is 15.5 Å². The first-order valence-corrected chi connectivity index (χ1v) is 9.25. The smallest absolute Gasteiger partial charge is 0.272 e. The van der Waals surface area contributed by atoms with Gasteiger partial charge in [0, 0.05) is 36.3 Å². The summed E-state index contributed by atoms with van der Waals surface area (Å²) in [4.78, 5) is 32.0. The molecule has 1 aliphatic rings. The Morgan fingerprint density at radius 2 is 1.89 bits per heavy atom. The van der Waals surface area contributed by atoms with Gasteiger partial charge in [-0.2, -0.15) is 5.10 Å². The van der Waals surface area contributed by atoms with Crippen molar-refractivity contribution in [3.05, 3.63) is 65.1 Å². The molecule has 1 amide bonds. The van der Waals surface area contributed by atoms with Crippen molar-refractivity contribution >= 4 is 17.3 Å². The molecule has 6 heteroatoms. The first kappa shape index (κ1) is 17.4. The zero-order chi connectivity index (χ0) is 19.0. The summed E-state index contributed by atoms with van der Waals surface area (Å²) in [7, 11) is 0. The highest BCUT2D eigenvalue weighted by atomic mass is 16.2. The van der Waals surface area contributed by atoms with Crippen LogP contribution in [0.15, 0.2) is 42.5 Å². The van der Waals surface area contributed by atoms with Crippen LogP contribution in [0.2, 0.25) is 0 Å². The molecule has 1 atom stereocenters. The molecule has 0 N–H and O–H groups in total. The Hall–Kier alpha value is -3.02. The number of amides is 1. The van der Waals surface area contributed by atoms with E-state index in [1.807, 2.05) is 50.2 Å². The number of likely N-dealkylation sites (tertiary alicyclic amines) is 1. The second kappa shape index (κ2) is 6.95. The minimum Gasteiger partial charge on any atom is -0.337 e. The summed E-state index contributed by atoms with van der Waals surface area (Å²) in [5.41, 5.74) is 3.52. The van der Waals surface area contributed by atoms with Crippen molar-refractivity contribution in [1.29, 1.82) is 0 Å². The Morgan fingerprint density at radius 1 is 1.11 bits per heavy atom. The first-order valence-electron chi connectivity index (χ1n) is 9.25. The van der Waals surface area contributed by atoms with Gasteiger partial charge in [0.1, 0.15) is 5.69 Å². The molecular formula is C21H22N4O2. The fourth-order valence-corrected chi connectivity index (χ4v) is 3.72. The predicted molar refractivity (Wildman–Crippen MR) is 102 cm³/mol. The molecule has 0 saturated carbocycles. The molecule has 1 saturated heterocycles. The van der Waals surface area contributed by atoms with E-state index in [0.29, 0.717) is 30.0 Å². The zero-order valence-corrected chi connectivity index (χ0v) is 15.6. The number of benzene rings is 1. The second-order valence-corrected chi connectivity index (χ2v) is 7.16. The van der Waals surface area contributed by atoms with E-state index in [1.165, 1.54) is 0 Å². The lowest BCUT2D eigenvalue weighted by Crippen LogP contribution is -2.42. The quantitative estimate of drug-likeness (QED) is 0.672. The number of fused-ring (bicyclic) bond motifs is 1. The highest BCUT2D eigenvalue weighted by Gasteiger charge is 2.30. The third kappa shape index (κ3) is 3.35. The second-order valence-electron chi connectivity index (χ2n) is 7.16. The van der Waals surface area contributed by atoms with E-state index >= 15 is 0 Å². The molecular weight excluding hydrogens is 340 g/mol. The van der Waals surface area contributed by atoms with E-state index in [2.05, 4.69) is 10.1 Å². The number of ketones is 1. The van der Waals surface area contributed by atoms with Crippen LogP contribution in [-0.4, -0.2) is 44.3 Å². The van der Waals surface area contributed by atoms with Crippen molar-refractivity contribution in [3.8, 4) is 0 Å². The van der Waals surface area contributed by atoms with Crippen LogP contribution in [0.25, 0.3) is 5.65 Å². The first-order chi connectivity index (χ1) is 13.0. The maximum Gasteiger partial charge on any atom is 0.272 e. The van der Waals surface area contributed by atoms with Crippen LogP contribution in [0.4, 0.5) is 0 Å². The van der Waals surface area contributed by atoms with Crippen molar-refractivity contribution in [1.82, 2.24) is 19.5 Å². The van der Waals surface area contributed by atoms with Gasteiger partial charge < -0.3 is 4.90 Å². The summed E-state index contributed by atoms with van der Waals surface area (Å²) in [6.07, 6.45) is 1.63. The van der Waals surface area contributed by atoms with E-state index < -0.39 is 0 Å². The van der Waals surface area contributed by atoms with Crippen molar-refractivity contribution in [2.45, 2.75) is 26.7 Å². The minimum atomic E-state index is -0.160. The topological polar surface area (TPSA) is 67.6 Å². The monoisotopic (exact) mass is 362 g/mol. The molecule has 0 spiro atoms. The average Bonchev–Trinajstić information content (AvgIpc) is 3.08. The molecule has 27 heavy (non-hydrogen) atoms. The minimum absolute atomic E-state index is 0.110. The number of carbonyl (C=O) groups is 2. The van der Waals surface area contributed by atoms with Gasteiger partial charge >= 0.3 is 0 Å². The largest absolute Gasteiger partial charge is 0.337 e. The number of rotatable bonds is 3. The molecule has 3 aromatic rings. The summed E-state index contributed by atoms with van der Waals surface area (Å²) in [5.74, 6) is -0.170. The molecule has 1 fully saturated rings. The van der Waals surface area contributed by atoms with Gasteiger partial charge in [-0.05, 0) is 32.8 Å². The van der Waals surface area contributed by atoms with Crippen LogP contribution in [-0.2, 0) is 0 Å². The fraction of sp³-hybridized carbons (Fsp3) is 0.333. The Bertz CT molecular complexity index is 1010. The molecule has 0 bridgehead atoms. The molecule has 1 aromatic carbocycles. The number of hydrogen-bond acceptors (Lipinski definition) is 4. The summed E-state index contributed by atoms with van der Waals surface area (Å²) in [6, 6.07) is 12.9. The summed E-state index contributed by atoms with van der Waals surface area (Å²) in [6.45, 7) is 4.91. The van der Waals surface area contributed by atoms with Gasteiger partial charge in [0.2, 0.25) is 0 Å². The molecule has 138 valence electrons. The van der Waals surface area contributed by atoms with Crippen LogP contribution in [0.1, 0.15) is 45.1 Å². The maximum absolute atomic E-state index is 13.0. The van der Waals surface area contributed by atoms with E-state index in [4.69, 9.17) is 0 Å². The number of Topliss-reactive ketones (excluding diaryl/α,β-unsaturated/α-hetero) is 1. The number of carbonyl (C=O) groups excluding carboxylic acids is 2. The van der Waals surface area contributed by atoms with E-state index in [-0.39, 0.29) is 17.6 Å². The Morgan fingerprint density at radius 3 is 2.67 bits per heavy atom. The summed E-state index contributed by atoms with van der Waals surface area (Å²) < 4.78 is 1.74. The van der Waals surface area contributed by atoms with Crippen LogP contribution in [0.3, 0.4) is 0 Å². The molecule has 6 nitrogen and oxygen atoms in total. The van der Waals surface area contributed by atoms with Crippen LogP contribution in [0, 0.1) is 19.8 Å². The van der Waals surface area contributed by atoms with Gasteiger partial charge in [0.25, 0.3) is 5.91 Å². The van der Waals surface area contributed by atoms with Crippen LogP contribution < -0.4 is 0 Å². The van der Waals surface area contributed by atoms with Gasteiger partial charge in [-0.1, -0.05) is 30.3 Å². The Kier molecular flexibility index (Phi) is 4.48. The van der Waals surface area contributed by atoms with Gasteiger partial charge in [-0.3, -0.25) is 9.59 Å². The number of piperidine rings is 1. The van der Waals surface area contributed by atoms with Gasteiger partial charge in [-0.25, -0.2) is 9.50 Å². The van der Waals surface area contributed by atoms with Gasteiger partial charge in [0.05, 0.1) is 5.69 Å². The number of nitrogens with zero attached hydrogens (tertiary/aromatic N) is 4. The van der Waals surface area contributed by atoms with Crippen molar-refractivity contribution < 1.29 is 9.59 Å². The van der Waals surface area contributed by atoms with E-state index in [9.17, 15) is 9.59 Å². The standard InChI is InChI=1S/C21H22N4O2/c1-14-11-19-22-18(12-15(2)25(19)23-14)21(27)24-10-6-9-17(13-24)20(26)16-7-4-3-5-8-16/h3-5,7-8,11-12,17H,6,9-10,13H2,1-2H3. The highest BCUT2D eigenvalue weighted by molar-refractivity contribution is 5.99. The molecule has 1 aliphatic heterocycles. The normalized spacial score (nSPS) is 17.3. The molecule has 4 rings (SSSR count). The van der Waals surface area contributed by atoms with Crippen molar-refractivity contribution in [2.75, 3.05) is 13.1 Å². The average molecular weight is 362 g/mol. The lowest BCUT2D eigenvalue weighted by atomic mass is 9.90. The third-order valence-corrected chi connectivity index (χ3v) is 5.08. The zero-order valence-electron chi connectivity index (χ0n) is 15.6. The predicted octanol–water partition coefficient (Wildman–Crippen LogP) is 3.08. The summed E-state index contributed by atoms with van der Waals surface area (Å²) >= 11 is 0. The molecule has 3 heterocycles. The van der Waals surface area contributed by atoms with Crippen LogP contribution in [0.5, 0.6) is 0 Å². The molecule has 2 aromatic heterocycles. The summed E-state index contributed by atoms with van der Waals surface area (Å²) in [5, 5.41) is 4.38. The van der Waals surface area contributed by atoms with Crippen molar-refractivity contribution in [2.24, 2.45) is 5.92 Å². The Labute approximate surface area is 157 Å². The van der Waals surface area contributed by atoms with Crippen LogP contribution >= 0.6 is 0 Å². The van der Waals surface area contributed by atoms with E-state index in [0.717, 1.165) is 24.2 Å². The molecule has 0 aliphatic carbocycles. The maximum atomic E-state index is 13.0. The molecule has 0 radical (unpaired) electrons. The number of hydrogen-bond donors (Lipinski definition) is 0. The third-order valence-electron chi connectivity index (χ3n) is 5.08. The SMILES string of the molecule is Cc1cc2nc(C(=O)N3CCCC(C(=O)c4ccccc4)C3)cc(C)n2n1. The van der Waals surface area contributed by atoms with Gasteiger partial charge in [-0.15, -0.1) is 0 Å². The number of aryl methyl sites for hydroxylation is 2. The number of aromatic nitrogens is 3. The fourth-order valence-electron chi connectivity index (χ4n) is 3.72. The molecule has 1 unspecified atom stereocenters. The lowest BCUT2D eigenvalue weighted by Gasteiger charge is -2.32. The van der Waals surface area contributed by atoms with Gasteiger partial charge in [0.15, 0.2) is 11.4 Å².